The number of carbonyl (C=O) groups is 1. The fourth-order valence-electron chi connectivity index (χ4n) is 3.64. The van der Waals surface area contributed by atoms with E-state index < -0.39 is 0 Å². The minimum Gasteiger partial charge on any atom is -0.383 e. The van der Waals surface area contributed by atoms with Crippen LogP contribution in [0, 0.1) is 11.3 Å². The molecule has 1 saturated heterocycles. The molecular formula is C25H25N3O3S. The molecule has 4 rings (SSSR count). The number of rotatable bonds is 7. The van der Waals surface area contributed by atoms with Gasteiger partial charge in [-0.1, -0.05) is 18.2 Å². The van der Waals surface area contributed by atoms with E-state index in [0.717, 1.165) is 41.6 Å². The molecule has 7 heteroatoms. The third-order valence-corrected chi connectivity index (χ3v) is 6.44. The average Bonchev–Trinajstić information content (AvgIpc) is 3.31. The van der Waals surface area contributed by atoms with Crippen LogP contribution < -0.4 is 10.2 Å². The Morgan fingerprint density at radius 3 is 2.75 bits per heavy atom. The number of anilines is 1. The van der Waals surface area contributed by atoms with Crippen LogP contribution in [-0.2, 0) is 14.3 Å². The molecule has 1 N–H and O–H groups in total. The molecule has 2 aromatic carbocycles. The minimum atomic E-state index is -0.388. The first-order valence-electron chi connectivity index (χ1n) is 10.5. The molecule has 0 bridgehead atoms. The van der Waals surface area contributed by atoms with Crippen LogP contribution in [0.25, 0.3) is 27.3 Å². The van der Waals surface area contributed by atoms with Crippen LogP contribution in [0.15, 0.2) is 54.1 Å². The number of methoxy groups -OCH3 is 1. The minimum absolute atomic E-state index is 0.0867. The van der Waals surface area contributed by atoms with E-state index in [4.69, 9.17) is 9.47 Å². The SMILES string of the molecule is COCCNC(=O)/C(C#N)=C/c1ccc(-c2ccc3cc(N4CCOCC4)ccc3c2)s1. The highest BCUT2D eigenvalue weighted by molar-refractivity contribution is 7.16. The number of thiophene rings is 1. The maximum Gasteiger partial charge on any atom is 0.262 e. The number of nitrogens with one attached hydrogen (secondary N) is 1. The second kappa shape index (κ2) is 10.4. The van der Waals surface area contributed by atoms with Crippen molar-refractivity contribution in [3.05, 3.63) is 59.0 Å². The van der Waals surface area contributed by atoms with E-state index >= 15 is 0 Å². The third-order valence-electron chi connectivity index (χ3n) is 5.35. The fraction of sp³-hybridized carbons (Fsp3) is 0.280. The maximum absolute atomic E-state index is 12.2. The van der Waals surface area contributed by atoms with E-state index in [2.05, 4.69) is 46.6 Å². The van der Waals surface area contributed by atoms with Gasteiger partial charge in [0.15, 0.2) is 0 Å². The summed E-state index contributed by atoms with van der Waals surface area (Å²) in [6, 6.07) is 19.0. The van der Waals surface area contributed by atoms with Crippen molar-refractivity contribution in [1.29, 1.82) is 5.26 Å². The van der Waals surface area contributed by atoms with Gasteiger partial charge in [0.2, 0.25) is 0 Å². The van der Waals surface area contributed by atoms with Crippen LogP contribution >= 0.6 is 11.3 Å². The Kier molecular flexibility index (Phi) is 7.17. The Bertz CT molecular complexity index is 1170. The van der Waals surface area contributed by atoms with E-state index in [-0.39, 0.29) is 11.5 Å². The number of ether oxygens (including phenoxy) is 2. The highest BCUT2D eigenvalue weighted by atomic mass is 32.1. The van der Waals surface area contributed by atoms with E-state index in [1.165, 1.54) is 16.5 Å². The lowest BCUT2D eigenvalue weighted by Gasteiger charge is -2.29. The Hall–Kier alpha value is -3.18. The zero-order valence-corrected chi connectivity index (χ0v) is 18.8. The van der Waals surface area contributed by atoms with Crippen molar-refractivity contribution in [2.45, 2.75) is 0 Å². The number of amides is 1. The molecule has 1 fully saturated rings. The summed E-state index contributed by atoms with van der Waals surface area (Å²) in [5.41, 5.74) is 2.43. The quantitative estimate of drug-likeness (QED) is 0.336. The van der Waals surface area contributed by atoms with Crippen LogP contribution in [-0.4, -0.2) is 52.5 Å². The number of nitriles is 1. The summed E-state index contributed by atoms with van der Waals surface area (Å²) >= 11 is 1.56. The lowest BCUT2D eigenvalue weighted by molar-refractivity contribution is -0.117. The molecule has 164 valence electrons. The van der Waals surface area contributed by atoms with Gasteiger partial charge in [-0.05, 0) is 52.7 Å². The Labute approximate surface area is 191 Å². The molecule has 0 aliphatic carbocycles. The topological polar surface area (TPSA) is 74.6 Å². The molecule has 1 amide bonds. The molecule has 32 heavy (non-hydrogen) atoms. The molecule has 0 unspecified atom stereocenters. The summed E-state index contributed by atoms with van der Waals surface area (Å²) in [6.45, 7) is 4.16. The predicted octanol–water partition coefficient (Wildman–Crippen LogP) is 4.07. The van der Waals surface area contributed by atoms with Crippen molar-refractivity contribution in [2.24, 2.45) is 0 Å². The average molecular weight is 448 g/mol. The molecule has 2 heterocycles. The van der Waals surface area contributed by atoms with Gasteiger partial charge in [-0.25, -0.2) is 0 Å². The van der Waals surface area contributed by atoms with Gasteiger partial charge in [-0.2, -0.15) is 5.26 Å². The van der Waals surface area contributed by atoms with Gasteiger partial charge >= 0.3 is 0 Å². The summed E-state index contributed by atoms with van der Waals surface area (Å²) in [7, 11) is 1.57. The number of fused-ring (bicyclic) bond motifs is 1. The van der Waals surface area contributed by atoms with Crippen LogP contribution in [0.1, 0.15) is 4.88 Å². The first-order chi connectivity index (χ1) is 15.7. The monoisotopic (exact) mass is 447 g/mol. The molecule has 0 saturated carbocycles. The summed E-state index contributed by atoms with van der Waals surface area (Å²) in [5.74, 6) is -0.388. The highest BCUT2D eigenvalue weighted by Crippen LogP contribution is 2.32. The second-order valence-corrected chi connectivity index (χ2v) is 8.58. The number of benzene rings is 2. The largest absolute Gasteiger partial charge is 0.383 e. The summed E-state index contributed by atoms with van der Waals surface area (Å²) in [6.07, 6.45) is 1.63. The van der Waals surface area contributed by atoms with Crippen molar-refractivity contribution in [3.8, 4) is 16.5 Å². The van der Waals surface area contributed by atoms with Crippen LogP contribution in [0.2, 0.25) is 0 Å². The Morgan fingerprint density at radius 2 is 1.97 bits per heavy atom. The van der Waals surface area contributed by atoms with Crippen molar-refractivity contribution >= 4 is 39.8 Å². The molecule has 1 aromatic heterocycles. The van der Waals surface area contributed by atoms with Crippen molar-refractivity contribution in [3.63, 3.8) is 0 Å². The van der Waals surface area contributed by atoms with Gasteiger partial charge in [0.05, 0.1) is 19.8 Å². The summed E-state index contributed by atoms with van der Waals surface area (Å²) in [5, 5.41) is 14.4. The first-order valence-corrected chi connectivity index (χ1v) is 11.4. The lowest BCUT2D eigenvalue weighted by Crippen LogP contribution is -2.36. The van der Waals surface area contributed by atoms with E-state index in [9.17, 15) is 10.1 Å². The molecule has 1 aliphatic heterocycles. The van der Waals surface area contributed by atoms with Gasteiger partial charge in [0.1, 0.15) is 11.6 Å². The number of morpholine rings is 1. The predicted molar refractivity (Wildman–Crippen MR) is 129 cm³/mol. The number of hydrogen-bond donors (Lipinski definition) is 1. The van der Waals surface area contributed by atoms with E-state index in [1.54, 1.807) is 24.5 Å². The standard InChI is InChI=1S/C25H25N3O3S/c1-30-11-8-27-25(29)21(17-26)16-23-6-7-24(32-23)20-3-2-19-15-22(5-4-18(19)14-20)28-9-12-31-13-10-28/h2-7,14-16H,8-13H2,1H3,(H,27,29)/b21-16+. The summed E-state index contributed by atoms with van der Waals surface area (Å²) < 4.78 is 10.4. The van der Waals surface area contributed by atoms with Crippen LogP contribution in [0.4, 0.5) is 5.69 Å². The molecule has 1 aliphatic rings. The van der Waals surface area contributed by atoms with Gasteiger partial charge in [0, 0.05) is 42.2 Å². The normalized spacial score (nSPS) is 14.4. The molecule has 0 radical (unpaired) electrons. The van der Waals surface area contributed by atoms with Crippen molar-refractivity contribution in [1.82, 2.24) is 5.32 Å². The zero-order valence-electron chi connectivity index (χ0n) is 18.0. The van der Waals surface area contributed by atoms with Crippen molar-refractivity contribution in [2.75, 3.05) is 51.5 Å². The van der Waals surface area contributed by atoms with Crippen LogP contribution in [0.5, 0.6) is 0 Å². The Morgan fingerprint density at radius 1 is 1.19 bits per heavy atom. The van der Waals surface area contributed by atoms with Gasteiger partial charge < -0.3 is 19.7 Å². The fourth-order valence-corrected chi connectivity index (χ4v) is 4.59. The number of hydrogen-bond acceptors (Lipinski definition) is 6. The van der Waals surface area contributed by atoms with Gasteiger partial charge in [-0.3, -0.25) is 4.79 Å². The van der Waals surface area contributed by atoms with Gasteiger partial charge in [-0.15, -0.1) is 11.3 Å². The molecule has 6 nitrogen and oxygen atoms in total. The Balaban J connectivity index is 1.52. The van der Waals surface area contributed by atoms with Gasteiger partial charge in [0.25, 0.3) is 5.91 Å². The highest BCUT2D eigenvalue weighted by Gasteiger charge is 2.12. The lowest BCUT2D eigenvalue weighted by atomic mass is 10.0. The zero-order chi connectivity index (χ0) is 22.3. The second-order valence-electron chi connectivity index (χ2n) is 7.47. The summed E-state index contributed by atoms with van der Waals surface area (Å²) in [4.78, 5) is 16.5. The molecule has 3 aromatic rings. The molecule has 0 atom stereocenters. The number of nitrogens with zero attached hydrogens (tertiary/aromatic N) is 2. The van der Waals surface area contributed by atoms with E-state index in [0.29, 0.717) is 13.2 Å². The van der Waals surface area contributed by atoms with Crippen molar-refractivity contribution < 1.29 is 14.3 Å². The third kappa shape index (κ3) is 5.17. The number of carbonyl (C=O) groups excluding carboxylic acids is 1. The smallest absolute Gasteiger partial charge is 0.262 e. The van der Waals surface area contributed by atoms with Crippen LogP contribution in [0.3, 0.4) is 0 Å². The van der Waals surface area contributed by atoms with E-state index in [1.807, 2.05) is 18.2 Å². The molecule has 0 spiro atoms. The maximum atomic E-state index is 12.2. The first kappa shape index (κ1) is 22.0. The molecular weight excluding hydrogens is 422 g/mol.